The summed E-state index contributed by atoms with van der Waals surface area (Å²) in [6, 6.07) is 8.29. The van der Waals surface area contributed by atoms with Gasteiger partial charge in [0.05, 0.1) is 5.69 Å². The molecule has 0 aliphatic carbocycles. The zero-order valence-electron chi connectivity index (χ0n) is 13.0. The second kappa shape index (κ2) is 6.49. The number of hydrogen-bond acceptors (Lipinski definition) is 4. The molecule has 1 aromatic carbocycles. The van der Waals surface area contributed by atoms with E-state index in [4.69, 9.17) is 5.73 Å². The molecule has 0 fully saturated rings. The van der Waals surface area contributed by atoms with Crippen molar-refractivity contribution in [3.05, 3.63) is 71.8 Å². The van der Waals surface area contributed by atoms with Crippen molar-refractivity contribution in [1.82, 2.24) is 14.5 Å². The van der Waals surface area contributed by atoms with Crippen LogP contribution in [0.3, 0.4) is 0 Å². The number of imidazole rings is 1. The molecule has 0 aliphatic heterocycles. The Kier molecular flexibility index (Phi) is 4.24. The summed E-state index contributed by atoms with van der Waals surface area (Å²) in [5, 5.41) is 3.12. The minimum absolute atomic E-state index is 0.178. The third-order valence-electron chi connectivity index (χ3n) is 3.61. The van der Waals surface area contributed by atoms with Gasteiger partial charge in [0.25, 0.3) is 5.91 Å². The fourth-order valence-electron chi connectivity index (χ4n) is 2.37. The normalized spacial score (nSPS) is 10.6. The molecule has 7 heteroatoms. The molecule has 2 heterocycles. The van der Waals surface area contributed by atoms with Crippen LogP contribution in [-0.2, 0) is 6.54 Å². The smallest absolute Gasteiger partial charge is 0.267 e. The number of nitrogens with zero attached hydrogens (tertiary/aromatic N) is 3. The van der Waals surface area contributed by atoms with Gasteiger partial charge in [-0.25, -0.2) is 9.37 Å². The Morgan fingerprint density at radius 3 is 2.75 bits per heavy atom. The number of anilines is 1. The van der Waals surface area contributed by atoms with Gasteiger partial charge in [-0.05, 0) is 36.8 Å². The first-order chi connectivity index (χ1) is 11.5. The minimum atomic E-state index is -0.593. The lowest BCUT2D eigenvalue weighted by Crippen LogP contribution is -2.13. The summed E-state index contributed by atoms with van der Waals surface area (Å²) in [6.07, 6.45) is 4.84. The quantitative estimate of drug-likeness (QED) is 0.754. The van der Waals surface area contributed by atoms with Crippen LogP contribution in [0.25, 0.3) is 5.69 Å². The van der Waals surface area contributed by atoms with Crippen molar-refractivity contribution < 1.29 is 9.18 Å². The number of aryl methyl sites for hydroxylation is 1. The molecular formula is C17H16FN5O. The summed E-state index contributed by atoms with van der Waals surface area (Å²) in [6.45, 7) is 2.22. The van der Waals surface area contributed by atoms with Crippen LogP contribution in [0, 0.1) is 12.7 Å². The number of primary amides is 1. The molecule has 2 aromatic heterocycles. The van der Waals surface area contributed by atoms with Gasteiger partial charge in [0.15, 0.2) is 0 Å². The maximum absolute atomic E-state index is 14.3. The maximum Gasteiger partial charge on any atom is 0.267 e. The fourth-order valence-corrected chi connectivity index (χ4v) is 2.37. The first-order valence-corrected chi connectivity index (χ1v) is 7.33. The van der Waals surface area contributed by atoms with Crippen molar-refractivity contribution in [2.24, 2.45) is 5.73 Å². The summed E-state index contributed by atoms with van der Waals surface area (Å²) in [5.41, 5.74) is 7.29. The standard InChI is InChI=1S/C17H16FN5O/c1-11-20-6-7-23(11)16-3-2-12(8-14(16)18)10-22-13-4-5-21-15(9-13)17(19)24/h2-9H,10H2,1H3,(H2,19,24)(H,21,22). The first-order valence-electron chi connectivity index (χ1n) is 7.33. The molecule has 0 saturated carbocycles. The van der Waals surface area contributed by atoms with E-state index in [0.29, 0.717) is 17.9 Å². The van der Waals surface area contributed by atoms with E-state index in [9.17, 15) is 9.18 Å². The summed E-state index contributed by atoms with van der Waals surface area (Å²) < 4.78 is 16.0. The van der Waals surface area contributed by atoms with Gasteiger partial charge in [-0.2, -0.15) is 0 Å². The second-order valence-corrected chi connectivity index (χ2v) is 5.28. The van der Waals surface area contributed by atoms with Gasteiger partial charge in [-0.1, -0.05) is 6.07 Å². The summed E-state index contributed by atoms with van der Waals surface area (Å²) in [7, 11) is 0. The van der Waals surface area contributed by atoms with Crippen LogP contribution in [-0.4, -0.2) is 20.4 Å². The van der Waals surface area contributed by atoms with E-state index in [1.165, 1.54) is 12.3 Å². The summed E-state index contributed by atoms with van der Waals surface area (Å²) in [4.78, 5) is 19.1. The van der Waals surface area contributed by atoms with Gasteiger partial charge in [0, 0.05) is 30.8 Å². The predicted molar refractivity (Wildman–Crippen MR) is 88.3 cm³/mol. The Morgan fingerprint density at radius 2 is 2.08 bits per heavy atom. The lowest BCUT2D eigenvalue weighted by Gasteiger charge is -2.10. The van der Waals surface area contributed by atoms with Crippen LogP contribution < -0.4 is 11.1 Å². The van der Waals surface area contributed by atoms with Crippen molar-refractivity contribution >= 4 is 11.6 Å². The van der Waals surface area contributed by atoms with E-state index >= 15 is 0 Å². The first kappa shape index (κ1) is 15.7. The molecule has 122 valence electrons. The number of carbonyl (C=O) groups is 1. The van der Waals surface area contributed by atoms with Gasteiger partial charge in [-0.15, -0.1) is 0 Å². The van der Waals surface area contributed by atoms with E-state index < -0.39 is 5.91 Å². The summed E-state index contributed by atoms with van der Waals surface area (Å²) >= 11 is 0. The van der Waals surface area contributed by atoms with E-state index in [1.54, 1.807) is 35.2 Å². The molecule has 0 atom stereocenters. The molecule has 6 nitrogen and oxygen atoms in total. The van der Waals surface area contributed by atoms with Crippen LogP contribution in [0.1, 0.15) is 21.9 Å². The highest BCUT2D eigenvalue weighted by atomic mass is 19.1. The number of hydrogen-bond donors (Lipinski definition) is 2. The highest BCUT2D eigenvalue weighted by Crippen LogP contribution is 2.18. The van der Waals surface area contributed by atoms with Crippen LogP contribution >= 0.6 is 0 Å². The summed E-state index contributed by atoms with van der Waals surface area (Å²) in [5.74, 6) is -0.205. The van der Waals surface area contributed by atoms with Crippen LogP contribution in [0.4, 0.5) is 10.1 Å². The molecule has 3 N–H and O–H groups in total. The Balaban J connectivity index is 1.75. The molecule has 0 spiro atoms. The van der Waals surface area contributed by atoms with Crippen molar-refractivity contribution in [1.29, 1.82) is 0 Å². The zero-order chi connectivity index (χ0) is 17.1. The monoisotopic (exact) mass is 325 g/mol. The molecular weight excluding hydrogens is 309 g/mol. The average Bonchev–Trinajstić information content (AvgIpc) is 2.99. The third kappa shape index (κ3) is 3.24. The highest BCUT2D eigenvalue weighted by molar-refractivity contribution is 5.91. The third-order valence-corrected chi connectivity index (χ3v) is 3.61. The van der Waals surface area contributed by atoms with E-state index in [1.807, 2.05) is 13.0 Å². The predicted octanol–water partition coefficient (Wildman–Crippen LogP) is 2.43. The van der Waals surface area contributed by atoms with Crippen molar-refractivity contribution in [3.8, 4) is 5.69 Å². The number of halogens is 1. The molecule has 0 aliphatic rings. The Bertz CT molecular complexity index is 890. The van der Waals surface area contributed by atoms with Crippen molar-refractivity contribution in [3.63, 3.8) is 0 Å². The molecule has 0 bridgehead atoms. The number of nitrogens with one attached hydrogen (secondary N) is 1. The van der Waals surface area contributed by atoms with E-state index in [0.717, 1.165) is 11.4 Å². The van der Waals surface area contributed by atoms with Crippen LogP contribution in [0.15, 0.2) is 48.9 Å². The zero-order valence-corrected chi connectivity index (χ0v) is 13.0. The number of amides is 1. The number of nitrogens with two attached hydrogens (primary N) is 1. The lowest BCUT2D eigenvalue weighted by atomic mass is 10.2. The van der Waals surface area contributed by atoms with Gasteiger partial charge >= 0.3 is 0 Å². The SMILES string of the molecule is Cc1nccn1-c1ccc(CNc2ccnc(C(N)=O)c2)cc1F. The van der Waals surface area contributed by atoms with Gasteiger partial charge in [0.1, 0.15) is 17.3 Å². The Morgan fingerprint density at radius 1 is 1.25 bits per heavy atom. The minimum Gasteiger partial charge on any atom is -0.381 e. The number of benzene rings is 1. The molecule has 24 heavy (non-hydrogen) atoms. The highest BCUT2D eigenvalue weighted by Gasteiger charge is 2.08. The van der Waals surface area contributed by atoms with Gasteiger partial charge in [-0.3, -0.25) is 9.78 Å². The number of rotatable bonds is 5. The van der Waals surface area contributed by atoms with Gasteiger partial charge in [0.2, 0.25) is 0 Å². The maximum atomic E-state index is 14.3. The van der Waals surface area contributed by atoms with Gasteiger partial charge < -0.3 is 15.6 Å². The molecule has 0 radical (unpaired) electrons. The van der Waals surface area contributed by atoms with Crippen molar-refractivity contribution in [2.45, 2.75) is 13.5 Å². The van der Waals surface area contributed by atoms with E-state index in [2.05, 4.69) is 15.3 Å². The molecule has 3 aromatic rings. The molecule has 3 rings (SSSR count). The number of carbonyl (C=O) groups excluding carboxylic acids is 1. The van der Waals surface area contributed by atoms with E-state index in [-0.39, 0.29) is 11.5 Å². The number of aromatic nitrogens is 3. The Labute approximate surface area is 138 Å². The Hall–Kier alpha value is -3.22. The largest absolute Gasteiger partial charge is 0.381 e. The lowest BCUT2D eigenvalue weighted by molar-refractivity contribution is 0.0995. The molecule has 0 saturated heterocycles. The molecule has 1 amide bonds. The average molecular weight is 325 g/mol. The number of pyridine rings is 1. The topological polar surface area (TPSA) is 85.8 Å². The van der Waals surface area contributed by atoms with Crippen LogP contribution in [0.5, 0.6) is 0 Å². The molecule has 0 unspecified atom stereocenters. The van der Waals surface area contributed by atoms with Crippen LogP contribution in [0.2, 0.25) is 0 Å². The second-order valence-electron chi connectivity index (χ2n) is 5.28. The van der Waals surface area contributed by atoms with Crippen molar-refractivity contribution in [2.75, 3.05) is 5.32 Å². The fraction of sp³-hybridized carbons (Fsp3) is 0.118.